The van der Waals surface area contributed by atoms with Crippen molar-refractivity contribution in [2.24, 2.45) is 11.3 Å². The van der Waals surface area contributed by atoms with Crippen LogP contribution in [0.2, 0.25) is 5.02 Å². The number of hydrogen-bond donors (Lipinski definition) is 0. The molecule has 1 aromatic carbocycles. The third-order valence-corrected chi connectivity index (χ3v) is 3.79. The number of allylic oxidation sites excluding steroid dienone is 1. The Kier molecular flexibility index (Phi) is 3.63. The van der Waals surface area contributed by atoms with Gasteiger partial charge in [0.15, 0.2) is 5.78 Å². The molecule has 0 N–H and O–H groups in total. The highest BCUT2D eigenvalue weighted by Gasteiger charge is 2.34. The van der Waals surface area contributed by atoms with Crippen molar-refractivity contribution < 1.29 is 4.79 Å². The Morgan fingerprint density at radius 3 is 2.44 bits per heavy atom. The van der Waals surface area contributed by atoms with Gasteiger partial charge in [-0.2, -0.15) is 0 Å². The number of benzene rings is 1. The quantitative estimate of drug-likeness (QED) is 0.668. The molecule has 1 aliphatic carbocycles. The average Bonchev–Trinajstić information content (AvgIpc) is 2.24. The van der Waals surface area contributed by atoms with Gasteiger partial charge < -0.3 is 0 Å². The van der Waals surface area contributed by atoms with Gasteiger partial charge in [-0.3, -0.25) is 4.79 Å². The van der Waals surface area contributed by atoms with Crippen LogP contribution in [0.3, 0.4) is 0 Å². The van der Waals surface area contributed by atoms with Crippen LogP contribution in [0.4, 0.5) is 0 Å². The Labute approximate surface area is 114 Å². The monoisotopic (exact) mass is 262 g/mol. The SMILES string of the molecule is CC1CC(C)(C)CC(=O)C1=Cc1ccc(Cl)cc1. The van der Waals surface area contributed by atoms with E-state index in [0.29, 0.717) is 12.3 Å². The molecule has 1 saturated carbocycles. The van der Waals surface area contributed by atoms with Crippen molar-refractivity contribution in [2.75, 3.05) is 0 Å². The summed E-state index contributed by atoms with van der Waals surface area (Å²) in [7, 11) is 0. The summed E-state index contributed by atoms with van der Waals surface area (Å²) in [5.74, 6) is 0.616. The van der Waals surface area contributed by atoms with Crippen molar-refractivity contribution in [1.82, 2.24) is 0 Å². The molecule has 2 heteroatoms. The van der Waals surface area contributed by atoms with Crippen molar-refractivity contribution >= 4 is 23.5 Å². The first-order valence-corrected chi connectivity index (χ1v) is 6.75. The molecule has 0 radical (unpaired) electrons. The zero-order valence-corrected chi connectivity index (χ0v) is 11.9. The second kappa shape index (κ2) is 4.89. The van der Waals surface area contributed by atoms with Gasteiger partial charge in [-0.1, -0.05) is 44.5 Å². The Morgan fingerprint density at radius 1 is 1.28 bits per heavy atom. The van der Waals surface area contributed by atoms with Gasteiger partial charge in [0, 0.05) is 11.4 Å². The molecule has 1 atom stereocenters. The maximum Gasteiger partial charge on any atom is 0.159 e. The molecule has 0 aliphatic heterocycles. The first kappa shape index (κ1) is 13.4. The van der Waals surface area contributed by atoms with Crippen LogP contribution in [0, 0.1) is 11.3 Å². The van der Waals surface area contributed by atoms with Crippen LogP contribution in [0.1, 0.15) is 39.2 Å². The van der Waals surface area contributed by atoms with Crippen molar-refractivity contribution in [3.63, 3.8) is 0 Å². The van der Waals surface area contributed by atoms with Crippen molar-refractivity contribution in [2.45, 2.75) is 33.6 Å². The van der Waals surface area contributed by atoms with E-state index in [0.717, 1.165) is 22.6 Å². The number of rotatable bonds is 1. The predicted octanol–water partition coefficient (Wildman–Crippen LogP) is 4.75. The fourth-order valence-electron chi connectivity index (χ4n) is 2.78. The third-order valence-electron chi connectivity index (χ3n) is 3.54. The Bertz CT molecular complexity index is 482. The summed E-state index contributed by atoms with van der Waals surface area (Å²) >= 11 is 5.86. The van der Waals surface area contributed by atoms with E-state index < -0.39 is 0 Å². The molecule has 1 fully saturated rings. The van der Waals surface area contributed by atoms with Crippen LogP contribution in [-0.2, 0) is 4.79 Å². The van der Waals surface area contributed by atoms with Gasteiger partial charge in [-0.05, 0) is 47.1 Å². The Hall–Kier alpha value is -1.08. The lowest BCUT2D eigenvalue weighted by Gasteiger charge is -2.34. The molecule has 1 aromatic rings. The van der Waals surface area contributed by atoms with Gasteiger partial charge in [0.2, 0.25) is 0 Å². The van der Waals surface area contributed by atoms with E-state index in [-0.39, 0.29) is 11.2 Å². The Morgan fingerprint density at radius 2 is 1.89 bits per heavy atom. The molecule has 2 rings (SSSR count). The molecular formula is C16H19ClO. The molecule has 0 heterocycles. The van der Waals surface area contributed by atoms with E-state index in [9.17, 15) is 4.79 Å². The van der Waals surface area contributed by atoms with Gasteiger partial charge >= 0.3 is 0 Å². The number of carbonyl (C=O) groups is 1. The number of Topliss-reactive ketones (excluding diaryl/α,β-unsaturated/α-hetero) is 1. The molecule has 1 unspecified atom stereocenters. The number of halogens is 1. The van der Waals surface area contributed by atoms with Gasteiger partial charge in [-0.15, -0.1) is 0 Å². The number of ketones is 1. The van der Waals surface area contributed by atoms with E-state index in [1.165, 1.54) is 0 Å². The fourth-order valence-corrected chi connectivity index (χ4v) is 2.91. The predicted molar refractivity (Wildman–Crippen MR) is 76.6 cm³/mol. The lowest BCUT2D eigenvalue weighted by Crippen LogP contribution is -2.29. The van der Waals surface area contributed by atoms with E-state index in [4.69, 9.17) is 11.6 Å². The summed E-state index contributed by atoms with van der Waals surface area (Å²) in [5.41, 5.74) is 2.14. The lowest BCUT2D eigenvalue weighted by atomic mass is 9.69. The maximum absolute atomic E-state index is 12.2. The average molecular weight is 263 g/mol. The molecule has 1 aliphatic rings. The molecule has 1 nitrogen and oxygen atoms in total. The van der Waals surface area contributed by atoms with E-state index in [1.54, 1.807) is 0 Å². The minimum absolute atomic E-state index is 0.133. The topological polar surface area (TPSA) is 17.1 Å². The van der Waals surface area contributed by atoms with Crippen LogP contribution < -0.4 is 0 Å². The van der Waals surface area contributed by atoms with E-state index in [1.807, 2.05) is 30.3 Å². The number of hydrogen-bond acceptors (Lipinski definition) is 1. The molecule has 96 valence electrons. The van der Waals surface area contributed by atoms with Gasteiger partial charge in [0.25, 0.3) is 0 Å². The van der Waals surface area contributed by atoms with E-state index in [2.05, 4.69) is 20.8 Å². The van der Waals surface area contributed by atoms with Crippen LogP contribution in [0.25, 0.3) is 6.08 Å². The second-order valence-electron chi connectivity index (χ2n) is 6.02. The third kappa shape index (κ3) is 3.02. The van der Waals surface area contributed by atoms with E-state index >= 15 is 0 Å². The first-order valence-electron chi connectivity index (χ1n) is 6.38. The molecular weight excluding hydrogens is 244 g/mol. The van der Waals surface area contributed by atoms with Crippen molar-refractivity contribution in [1.29, 1.82) is 0 Å². The molecule has 0 spiro atoms. The molecule has 0 saturated heterocycles. The van der Waals surface area contributed by atoms with Crippen LogP contribution in [-0.4, -0.2) is 5.78 Å². The lowest BCUT2D eigenvalue weighted by molar-refractivity contribution is -0.119. The van der Waals surface area contributed by atoms with Crippen LogP contribution in [0.5, 0.6) is 0 Å². The smallest absolute Gasteiger partial charge is 0.159 e. The van der Waals surface area contributed by atoms with Gasteiger partial charge in [0.05, 0.1) is 0 Å². The second-order valence-corrected chi connectivity index (χ2v) is 6.46. The molecule has 0 amide bonds. The molecule has 0 aromatic heterocycles. The standard InChI is InChI=1S/C16H19ClO/c1-11-9-16(2,3)10-15(18)14(11)8-12-4-6-13(17)7-5-12/h4-8,11H,9-10H2,1-3H3. The summed E-state index contributed by atoms with van der Waals surface area (Å²) in [6.07, 6.45) is 3.73. The summed E-state index contributed by atoms with van der Waals surface area (Å²) < 4.78 is 0. The summed E-state index contributed by atoms with van der Waals surface area (Å²) in [5, 5.41) is 0.723. The minimum Gasteiger partial charge on any atom is -0.295 e. The van der Waals surface area contributed by atoms with Crippen molar-refractivity contribution in [3.8, 4) is 0 Å². The maximum atomic E-state index is 12.2. The number of carbonyl (C=O) groups excluding carboxylic acids is 1. The van der Waals surface area contributed by atoms with Gasteiger partial charge in [0.1, 0.15) is 0 Å². The fraction of sp³-hybridized carbons (Fsp3) is 0.438. The Balaban J connectivity index is 2.27. The highest BCUT2D eigenvalue weighted by molar-refractivity contribution is 6.30. The van der Waals surface area contributed by atoms with Crippen LogP contribution in [0.15, 0.2) is 29.8 Å². The molecule has 18 heavy (non-hydrogen) atoms. The highest BCUT2D eigenvalue weighted by atomic mass is 35.5. The first-order chi connectivity index (χ1) is 8.37. The minimum atomic E-state index is 0.133. The zero-order valence-electron chi connectivity index (χ0n) is 11.2. The normalized spacial score (nSPS) is 25.4. The van der Waals surface area contributed by atoms with Gasteiger partial charge in [-0.25, -0.2) is 0 Å². The largest absolute Gasteiger partial charge is 0.295 e. The summed E-state index contributed by atoms with van der Waals surface area (Å²) in [6.45, 7) is 6.47. The highest BCUT2D eigenvalue weighted by Crippen LogP contribution is 2.39. The van der Waals surface area contributed by atoms with Crippen molar-refractivity contribution in [3.05, 3.63) is 40.4 Å². The molecule has 0 bridgehead atoms. The summed E-state index contributed by atoms with van der Waals surface area (Å²) in [6, 6.07) is 7.62. The van der Waals surface area contributed by atoms with Crippen LogP contribution >= 0.6 is 11.6 Å². The zero-order chi connectivity index (χ0) is 13.3. The summed E-state index contributed by atoms with van der Waals surface area (Å²) in [4.78, 5) is 12.2.